The van der Waals surface area contributed by atoms with E-state index in [-0.39, 0.29) is 25.5 Å². The molecule has 2 aliphatic rings. The Bertz CT molecular complexity index is 812. The average molecular weight is 381 g/mol. The van der Waals surface area contributed by atoms with Crippen LogP contribution in [0.2, 0.25) is 0 Å². The highest BCUT2D eigenvalue weighted by molar-refractivity contribution is 5.93. The van der Waals surface area contributed by atoms with Gasteiger partial charge in [0.05, 0.1) is 12.7 Å². The average Bonchev–Trinajstić information content (AvgIpc) is 3.15. The summed E-state index contributed by atoms with van der Waals surface area (Å²) < 4.78 is 12.8. The summed E-state index contributed by atoms with van der Waals surface area (Å²) in [4.78, 5) is 12.3. The molecule has 4 rings (SSSR count). The number of rotatable bonds is 5. The van der Waals surface area contributed by atoms with E-state index in [0.717, 1.165) is 11.1 Å². The lowest BCUT2D eigenvalue weighted by atomic mass is 9.92. The van der Waals surface area contributed by atoms with Gasteiger partial charge in [0, 0.05) is 29.7 Å². The van der Waals surface area contributed by atoms with Crippen LogP contribution in [0.25, 0.3) is 0 Å². The Morgan fingerprint density at radius 2 is 1.64 bits per heavy atom. The van der Waals surface area contributed by atoms with Gasteiger partial charge in [0.25, 0.3) is 0 Å². The number of ether oxygens (including phenoxy) is 2. The van der Waals surface area contributed by atoms with Crippen LogP contribution in [0, 0.1) is 0 Å². The maximum absolute atomic E-state index is 12.3. The number of hydrogen-bond donors (Lipinski definition) is 3. The number of fused-ring (bicyclic) bond motifs is 1. The van der Waals surface area contributed by atoms with Gasteiger partial charge in [0.15, 0.2) is 0 Å². The number of nitrogens with one attached hydrogen (secondary N) is 1. The van der Waals surface area contributed by atoms with Crippen LogP contribution < -0.4 is 5.32 Å². The first kappa shape index (κ1) is 18.8. The zero-order chi connectivity index (χ0) is 19.6. The molecule has 1 aliphatic heterocycles. The molecule has 0 aromatic heterocycles. The minimum absolute atomic E-state index is 0.141. The number of amides is 1. The molecule has 2 aromatic rings. The van der Waals surface area contributed by atoms with Gasteiger partial charge in [-0.2, -0.15) is 0 Å². The van der Waals surface area contributed by atoms with Crippen LogP contribution in [-0.4, -0.2) is 47.6 Å². The Morgan fingerprint density at radius 3 is 2.21 bits per heavy atom. The van der Waals surface area contributed by atoms with Crippen molar-refractivity contribution >= 4 is 5.91 Å². The quantitative estimate of drug-likeness (QED) is 0.730. The van der Waals surface area contributed by atoms with Crippen LogP contribution in [0.4, 0.5) is 0 Å². The Hall–Kier alpha value is -2.51. The second-order valence-corrected chi connectivity index (χ2v) is 6.96. The molecule has 0 bridgehead atoms. The highest BCUT2D eigenvalue weighted by atomic mass is 16.8. The van der Waals surface area contributed by atoms with Gasteiger partial charge < -0.3 is 25.0 Å². The molecule has 0 saturated carbocycles. The molecule has 6 nitrogen and oxygen atoms in total. The second kappa shape index (κ2) is 7.85. The normalized spacial score (nSPS) is 25.6. The van der Waals surface area contributed by atoms with Crippen LogP contribution in [0.5, 0.6) is 0 Å². The second-order valence-electron chi connectivity index (χ2n) is 6.96. The van der Waals surface area contributed by atoms with E-state index in [1.54, 1.807) is 6.08 Å². The SMILES string of the molecule is O=C(NCCO)C1=C[C@H]2OC(c3ccccc3)(c3ccccc3)O[C@H]2[C@H](O)C1. The third kappa shape index (κ3) is 3.36. The van der Waals surface area contributed by atoms with E-state index in [0.29, 0.717) is 5.57 Å². The van der Waals surface area contributed by atoms with Gasteiger partial charge in [-0.05, 0) is 6.08 Å². The van der Waals surface area contributed by atoms with Crippen LogP contribution in [-0.2, 0) is 20.1 Å². The molecule has 1 saturated heterocycles. The lowest BCUT2D eigenvalue weighted by molar-refractivity contribution is -0.156. The first-order valence-corrected chi connectivity index (χ1v) is 9.38. The Kier molecular flexibility index (Phi) is 5.28. The van der Waals surface area contributed by atoms with Crippen molar-refractivity contribution in [2.24, 2.45) is 0 Å². The highest BCUT2D eigenvalue weighted by Crippen LogP contribution is 2.46. The summed E-state index contributed by atoms with van der Waals surface area (Å²) in [5, 5.41) is 22.2. The summed E-state index contributed by atoms with van der Waals surface area (Å²) in [6.07, 6.45) is -0.146. The highest BCUT2D eigenvalue weighted by Gasteiger charge is 2.53. The largest absolute Gasteiger partial charge is 0.395 e. The van der Waals surface area contributed by atoms with E-state index in [4.69, 9.17) is 14.6 Å². The van der Waals surface area contributed by atoms with E-state index in [9.17, 15) is 9.90 Å². The fourth-order valence-electron chi connectivity index (χ4n) is 3.78. The zero-order valence-corrected chi connectivity index (χ0v) is 15.3. The Labute approximate surface area is 163 Å². The molecule has 0 unspecified atom stereocenters. The van der Waals surface area contributed by atoms with Gasteiger partial charge in [-0.1, -0.05) is 60.7 Å². The zero-order valence-electron chi connectivity index (χ0n) is 15.3. The summed E-state index contributed by atoms with van der Waals surface area (Å²) in [6.45, 7) is 0.0219. The summed E-state index contributed by atoms with van der Waals surface area (Å²) >= 11 is 0. The topological polar surface area (TPSA) is 88.0 Å². The van der Waals surface area contributed by atoms with Gasteiger partial charge in [0.2, 0.25) is 11.7 Å². The minimum Gasteiger partial charge on any atom is -0.395 e. The number of hydrogen-bond acceptors (Lipinski definition) is 5. The van der Waals surface area contributed by atoms with E-state index in [1.807, 2.05) is 60.7 Å². The number of aliphatic hydroxyl groups is 2. The molecule has 1 heterocycles. The van der Waals surface area contributed by atoms with Gasteiger partial charge in [-0.15, -0.1) is 0 Å². The Morgan fingerprint density at radius 1 is 1.04 bits per heavy atom. The third-order valence-corrected chi connectivity index (χ3v) is 5.10. The molecule has 1 aliphatic carbocycles. The first-order chi connectivity index (χ1) is 13.6. The summed E-state index contributed by atoms with van der Waals surface area (Å²) in [7, 11) is 0. The van der Waals surface area contributed by atoms with Crippen molar-refractivity contribution in [3.05, 3.63) is 83.4 Å². The molecule has 28 heavy (non-hydrogen) atoms. The van der Waals surface area contributed by atoms with Crippen molar-refractivity contribution in [3.63, 3.8) is 0 Å². The number of aliphatic hydroxyl groups excluding tert-OH is 2. The van der Waals surface area contributed by atoms with Crippen molar-refractivity contribution in [1.82, 2.24) is 5.32 Å². The maximum atomic E-state index is 12.3. The molecule has 1 amide bonds. The molecule has 3 N–H and O–H groups in total. The van der Waals surface area contributed by atoms with Crippen LogP contribution in [0.3, 0.4) is 0 Å². The van der Waals surface area contributed by atoms with Crippen LogP contribution in [0.15, 0.2) is 72.3 Å². The molecule has 6 heteroatoms. The molecule has 1 fully saturated rings. The summed E-state index contributed by atoms with van der Waals surface area (Å²) in [5.41, 5.74) is 2.08. The molecular weight excluding hydrogens is 358 g/mol. The number of benzene rings is 2. The maximum Gasteiger partial charge on any atom is 0.247 e. The van der Waals surface area contributed by atoms with E-state index < -0.39 is 24.1 Å². The molecule has 2 aromatic carbocycles. The van der Waals surface area contributed by atoms with Gasteiger partial charge in [0.1, 0.15) is 12.2 Å². The number of carbonyl (C=O) groups excluding carboxylic acids is 1. The lowest BCUT2D eigenvalue weighted by Gasteiger charge is -2.29. The van der Waals surface area contributed by atoms with Crippen LogP contribution >= 0.6 is 0 Å². The van der Waals surface area contributed by atoms with Gasteiger partial charge in [-0.25, -0.2) is 0 Å². The van der Waals surface area contributed by atoms with E-state index in [1.165, 1.54) is 0 Å². The van der Waals surface area contributed by atoms with Crippen molar-refractivity contribution in [3.8, 4) is 0 Å². The first-order valence-electron chi connectivity index (χ1n) is 9.38. The fourth-order valence-corrected chi connectivity index (χ4v) is 3.78. The van der Waals surface area contributed by atoms with Crippen molar-refractivity contribution in [2.45, 2.75) is 30.5 Å². The molecule has 0 radical (unpaired) electrons. The van der Waals surface area contributed by atoms with Gasteiger partial charge in [-0.3, -0.25) is 4.79 Å². The Balaban J connectivity index is 1.71. The third-order valence-electron chi connectivity index (χ3n) is 5.10. The molecular formula is C22H23NO5. The fraction of sp³-hybridized carbons (Fsp3) is 0.318. The van der Waals surface area contributed by atoms with Gasteiger partial charge >= 0.3 is 0 Å². The van der Waals surface area contributed by atoms with Crippen molar-refractivity contribution in [1.29, 1.82) is 0 Å². The summed E-state index contributed by atoms with van der Waals surface area (Å²) in [6, 6.07) is 19.2. The smallest absolute Gasteiger partial charge is 0.247 e. The molecule has 0 spiro atoms. The minimum atomic E-state index is -1.16. The number of carbonyl (C=O) groups is 1. The van der Waals surface area contributed by atoms with Crippen molar-refractivity contribution in [2.75, 3.05) is 13.2 Å². The predicted octanol–water partition coefficient (Wildman–Crippen LogP) is 1.47. The molecule has 146 valence electrons. The summed E-state index contributed by atoms with van der Waals surface area (Å²) in [5.74, 6) is -1.47. The molecule has 3 atom stereocenters. The van der Waals surface area contributed by atoms with E-state index in [2.05, 4.69) is 5.32 Å². The van der Waals surface area contributed by atoms with Crippen LogP contribution in [0.1, 0.15) is 17.5 Å². The lowest BCUT2D eigenvalue weighted by Crippen LogP contribution is -2.41. The van der Waals surface area contributed by atoms with E-state index >= 15 is 0 Å². The standard InChI is InChI=1S/C22H23NO5/c24-12-11-23-21(26)15-13-18(25)20-19(14-15)27-22(28-20,16-7-3-1-4-8-16)17-9-5-2-6-10-17/h1-10,14,18-20,24-25H,11-13H2,(H,23,26)/t18-,19-,20+/m1/s1. The predicted molar refractivity (Wildman–Crippen MR) is 102 cm³/mol. The van der Waals surface area contributed by atoms with Crippen molar-refractivity contribution < 1.29 is 24.5 Å². The monoisotopic (exact) mass is 381 g/mol.